The van der Waals surface area contributed by atoms with Crippen molar-refractivity contribution >= 4 is 38.4 Å². The van der Waals surface area contributed by atoms with E-state index >= 15 is 0 Å². The summed E-state index contributed by atoms with van der Waals surface area (Å²) >= 11 is 3.49. The first-order chi connectivity index (χ1) is 14.0. The van der Waals surface area contributed by atoms with Crippen LogP contribution in [0.5, 0.6) is 0 Å². The molecule has 0 aliphatic carbocycles. The standard InChI is InChI=1S/C22H25BrN4O2/c1-3-25(4-2)12-13-26(18-9-7-8-17(23)14-18)22(29)16-27-20-11-6-5-10-19(20)21(28)15-24-27/h5-11,14-15H,3-4,12-13,16H2,1-2H3. The van der Waals surface area contributed by atoms with Crippen LogP contribution in [0.1, 0.15) is 13.8 Å². The average Bonchev–Trinajstić information content (AvgIpc) is 2.73. The Morgan fingerprint density at radius 1 is 1.07 bits per heavy atom. The second-order valence-electron chi connectivity index (χ2n) is 6.74. The fourth-order valence-electron chi connectivity index (χ4n) is 3.32. The lowest BCUT2D eigenvalue weighted by atomic mass is 10.2. The van der Waals surface area contributed by atoms with Gasteiger partial charge in [0.15, 0.2) is 0 Å². The molecule has 3 rings (SSSR count). The van der Waals surface area contributed by atoms with Crippen molar-refractivity contribution in [3.63, 3.8) is 0 Å². The van der Waals surface area contributed by atoms with Crippen LogP contribution in [0.3, 0.4) is 0 Å². The molecule has 0 radical (unpaired) electrons. The molecule has 0 N–H and O–H groups in total. The summed E-state index contributed by atoms with van der Waals surface area (Å²) in [5.74, 6) is -0.0726. The van der Waals surface area contributed by atoms with Gasteiger partial charge in [-0.15, -0.1) is 0 Å². The van der Waals surface area contributed by atoms with E-state index in [2.05, 4.69) is 39.8 Å². The minimum absolute atomic E-state index is 0.0611. The Kier molecular flexibility index (Phi) is 7.17. The van der Waals surface area contributed by atoms with E-state index < -0.39 is 0 Å². The van der Waals surface area contributed by atoms with Crippen LogP contribution in [0, 0.1) is 0 Å². The van der Waals surface area contributed by atoms with Crippen LogP contribution in [0.15, 0.2) is 64.0 Å². The monoisotopic (exact) mass is 456 g/mol. The summed E-state index contributed by atoms with van der Waals surface area (Å²) in [6.45, 7) is 7.52. The number of hydrogen-bond donors (Lipinski definition) is 0. The van der Waals surface area contributed by atoms with Crippen molar-refractivity contribution in [2.24, 2.45) is 0 Å². The van der Waals surface area contributed by atoms with Crippen molar-refractivity contribution in [3.05, 3.63) is 69.4 Å². The summed E-state index contributed by atoms with van der Waals surface area (Å²) in [6.07, 6.45) is 1.27. The van der Waals surface area contributed by atoms with Crippen molar-refractivity contribution in [2.75, 3.05) is 31.1 Å². The van der Waals surface area contributed by atoms with Gasteiger partial charge in [-0.2, -0.15) is 5.10 Å². The average molecular weight is 457 g/mol. The molecule has 0 spiro atoms. The second kappa shape index (κ2) is 9.80. The number of hydrogen-bond acceptors (Lipinski definition) is 4. The van der Waals surface area contributed by atoms with Crippen molar-refractivity contribution in [1.29, 1.82) is 0 Å². The number of halogens is 1. The maximum absolute atomic E-state index is 13.3. The number of rotatable bonds is 8. The number of para-hydroxylation sites is 1. The predicted molar refractivity (Wildman–Crippen MR) is 120 cm³/mol. The molecule has 29 heavy (non-hydrogen) atoms. The van der Waals surface area contributed by atoms with E-state index in [0.29, 0.717) is 17.4 Å². The zero-order valence-electron chi connectivity index (χ0n) is 16.7. The molecule has 0 atom stereocenters. The van der Waals surface area contributed by atoms with Crippen LogP contribution in [0.25, 0.3) is 10.9 Å². The minimum atomic E-state index is -0.144. The first-order valence-electron chi connectivity index (χ1n) is 9.76. The zero-order chi connectivity index (χ0) is 20.8. The van der Waals surface area contributed by atoms with E-state index in [0.717, 1.165) is 29.8 Å². The highest BCUT2D eigenvalue weighted by atomic mass is 79.9. The molecule has 0 saturated carbocycles. The van der Waals surface area contributed by atoms with Gasteiger partial charge in [0.25, 0.3) is 0 Å². The molecule has 6 nitrogen and oxygen atoms in total. The Morgan fingerprint density at radius 3 is 2.55 bits per heavy atom. The molecule has 3 aromatic rings. The highest BCUT2D eigenvalue weighted by Crippen LogP contribution is 2.21. The maximum atomic E-state index is 13.3. The molecule has 0 saturated heterocycles. The Hall–Kier alpha value is -2.51. The van der Waals surface area contributed by atoms with E-state index in [-0.39, 0.29) is 17.9 Å². The number of benzene rings is 2. The molecule has 1 heterocycles. The summed E-state index contributed by atoms with van der Waals surface area (Å²) < 4.78 is 2.52. The summed E-state index contributed by atoms with van der Waals surface area (Å²) in [4.78, 5) is 29.4. The molecule has 7 heteroatoms. The minimum Gasteiger partial charge on any atom is -0.309 e. The van der Waals surface area contributed by atoms with Gasteiger partial charge < -0.3 is 9.80 Å². The van der Waals surface area contributed by atoms with Crippen LogP contribution in [-0.2, 0) is 11.3 Å². The molecule has 2 aromatic carbocycles. The van der Waals surface area contributed by atoms with Gasteiger partial charge in [-0.3, -0.25) is 14.3 Å². The van der Waals surface area contributed by atoms with Crippen LogP contribution in [0.2, 0.25) is 0 Å². The summed E-state index contributed by atoms with van der Waals surface area (Å²) in [5, 5.41) is 4.77. The molecule has 0 fully saturated rings. The quantitative estimate of drug-likeness (QED) is 0.520. The summed E-state index contributed by atoms with van der Waals surface area (Å²) in [7, 11) is 0. The van der Waals surface area contributed by atoms with Gasteiger partial charge in [0.1, 0.15) is 6.54 Å². The van der Waals surface area contributed by atoms with Crippen molar-refractivity contribution < 1.29 is 4.79 Å². The molecule has 0 aliphatic rings. The molecular formula is C22H25BrN4O2. The lowest BCUT2D eigenvalue weighted by molar-refractivity contribution is -0.119. The molecule has 1 amide bonds. The van der Waals surface area contributed by atoms with Gasteiger partial charge in [0, 0.05) is 28.6 Å². The lowest BCUT2D eigenvalue weighted by Gasteiger charge is -2.27. The van der Waals surface area contributed by atoms with Gasteiger partial charge in [-0.1, -0.05) is 48.0 Å². The van der Waals surface area contributed by atoms with Crippen LogP contribution >= 0.6 is 15.9 Å². The highest BCUT2D eigenvalue weighted by molar-refractivity contribution is 9.10. The van der Waals surface area contributed by atoms with Gasteiger partial charge in [0.05, 0.1) is 11.7 Å². The smallest absolute Gasteiger partial charge is 0.248 e. The number of anilines is 1. The SMILES string of the molecule is CCN(CC)CCN(C(=O)Cn1ncc(=O)c2ccccc21)c1cccc(Br)c1. The molecule has 0 unspecified atom stereocenters. The van der Waals surface area contributed by atoms with Gasteiger partial charge in [-0.25, -0.2) is 0 Å². The topological polar surface area (TPSA) is 58.4 Å². The van der Waals surface area contributed by atoms with Crippen molar-refractivity contribution in [3.8, 4) is 0 Å². The van der Waals surface area contributed by atoms with E-state index in [1.54, 1.807) is 15.6 Å². The number of carbonyl (C=O) groups is 1. The Morgan fingerprint density at radius 2 is 1.83 bits per heavy atom. The first-order valence-corrected chi connectivity index (χ1v) is 10.6. The van der Waals surface area contributed by atoms with E-state index in [1.165, 1.54) is 6.20 Å². The third-order valence-corrected chi connectivity index (χ3v) is 5.50. The maximum Gasteiger partial charge on any atom is 0.248 e. The predicted octanol–water partition coefficient (Wildman–Crippen LogP) is 3.53. The zero-order valence-corrected chi connectivity index (χ0v) is 18.3. The molecule has 152 valence electrons. The van der Waals surface area contributed by atoms with Crippen molar-refractivity contribution in [1.82, 2.24) is 14.7 Å². The normalized spacial score (nSPS) is 11.2. The Bertz CT molecular complexity index is 1050. The number of fused-ring (bicyclic) bond motifs is 1. The van der Waals surface area contributed by atoms with E-state index in [1.807, 2.05) is 42.5 Å². The van der Waals surface area contributed by atoms with Gasteiger partial charge >= 0.3 is 0 Å². The number of amides is 1. The highest BCUT2D eigenvalue weighted by Gasteiger charge is 2.18. The van der Waals surface area contributed by atoms with E-state index in [4.69, 9.17) is 0 Å². The fourth-order valence-corrected chi connectivity index (χ4v) is 3.71. The number of nitrogens with zero attached hydrogens (tertiary/aromatic N) is 4. The van der Waals surface area contributed by atoms with Crippen molar-refractivity contribution in [2.45, 2.75) is 20.4 Å². The molecule has 1 aromatic heterocycles. The van der Waals surface area contributed by atoms with Gasteiger partial charge in [-0.05, 0) is 43.4 Å². The van der Waals surface area contributed by atoms with Crippen LogP contribution < -0.4 is 10.3 Å². The third-order valence-electron chi connectivity index (χ3n) is 5.00. The summed E-state index contributed by atoms with van der Waals surface area (Å²) in [6, 6.07) is 15.0. The summed E-state index contributed by atoms with van der Waals surface area (Å²) in [5.41, 5.74) is 1.35. The number of carbonyl (C=O) groups excluding carboxylic acids is 1. The number of aromatic nitrogens is 2. The Balaban J connectivity index is 1.90. The van der Waals surface area contributed by atoms with Crippen LogP contribution in [0.4, 0.5) is 5.69 Å². The second-order valence-corrected chi connectivity index (χ2v) is 7.65. The fraction of sp³-hybridized carbons (Fsp3) is 0.318. The Labute approximate surface area is 178 Å². The number of likely N-dealkylation sites (N-methyl/N-ethyl adjacent to an activating group) is 1. The van der Waals surface area contributed by atoms with E-state index in [9.17, 15) is 9.59 Å². The van der Waals surface area contributed by atoms with Crippen LogP contribution in [-0.4, -0.2) is 46.8 Å². The lowest BCUT2D eigenvalue weighted by Crippen LogP contribution is -2.40. The molecule has 0 bridgehead atoms. The van der Waals surface area contributed by atoms with Gasteiger partial charge in [0.2, 0.25) is 11.3 Å². The third kappa shape index (κ3) is 5.10. The molecule has 0 aliphatic heterocycles. The molecular weight excluding hydrogens is 432 g/mol. The largest absolute Gasteiger partial charge is 0.309 e. The first kappa shape index (κ1) is 21.2.